The average Bonchev–Trinajstić information content (AvgIpc) is 3.25. The fourth-order valence-corrected chi connectivity index (χ4v) is 3.82. The molecule has 0 spiro atoms. The zero-order valence-corrected chi connectivity index (χ0v) is 16.4. The van der Waals surface area contributed by atoms with Crippen molar-refractivity contribution in [1.82, 2.24) is 19.9 Å². The number of hydrogen-bond acceptors (Lipinski definition) is 5. The van der Waals surface area contributed by atoms with Crippen LogP contribution in [0.3, 0.4) is 0 Å². The second-order valence-electron chi connectivity index (χ2n) is 8.12. The highest BCUT2D eigenvalue weighted by atomic mass is 16.5. The maximum Gasteiger partial charge on any atom is 0.307 e. The standard InChI is InChI=1S/C21H24N4O3/c1-4-25-16-12-21(2,3)10-9-15(16)18(23-25)20-22-19(24-28-20)14-7-5-13(6-8-14)11-17(26)27/h5-8H,4,9-12H2,1-3H3,(H,26,27). The smallest absolute Gasteiger partial charge is 0.307 e. The van der Waals surface area contributed by atoms with Gasteiger partial charge in [-0.25, -0.2) is 0 Å². The molecule has 2 heterocycles. The second-order valence-corrected chi connectivity index (χ2v) is 8.12. The third-order valence-corrected chi connectivity index (χ3v) is 5.36. The maximum atomic E-state index is 10.8. The Hall–Kier alpha value is -2.96. The van der Waals surface area contributed by atoms with Gasteiger partial charge in [0, 0.05) is 23.4 Å². The van der Waals surface area contributed by atoms with Gasteiger partial charge in [0.1, 0.15) is 0 Å². The van der Waals surface area contributed by atoms with Gasteiger partial charge in [-0.2, -0.15) is 10.1 Å². The van der Waals surface area contributed by atoms with E-state index in [2.05, 4.69) is 35.6 Å². The van der Waals surface area contributed by atoms with Crippen LogP contribution in [0.15, 0.2) is 28.8 Å². The van der Waals surface area contributed by atoms with Gasteiger partial charge < -0.3 is 9.63 Å². The van der Waals surface area contributed by atoms with Gasteiger partial charge >= 0.3 is 5.97 Å². The number of carbonyl (C=O) groups is 1. The van der Waals surface area contributed by atoms with E-state index in [4.69, 9.17) is 14.7 Å². The lowest BCUT2D eigenvalue weighted by Crippen LogP contribution is -2.24. The lowest BCUT2D eigenvalue weighted by Gasteiger charge is -2.30. The molecular formula is C21H24N4O3. The van der Waals surface area contributed by atoms with E-state index < -0.39 is 5.97 Å². The van der Waals surface area contributed by atoms with Gasteiger partial charge in [-0.15, -0.1) is 0 Å². The number of aromatic nitrogens is 4. The highest BCUT2D eigenvalue weighted by Gasteiger charge is 2.32. The third-order valence-electron chi connectivity index (χ3n) is 5.36. The van der Waals surface area contributed by atoms with Crippen molar-refractivity contribution in [3.8, 4) is 23.0 Å². The molecule has 0 aliphatic heterocycles. The molecule has 1 aromatic carbocycles. The molecule has 146 valence electrons. The number of fused-ring (bicyclic) bond motifs is 1. The first-order chi connectivity index (χ1) is 13.4. The number of carboxylic acid groups (broad SMARTS) is 1. The van der Waals surface area contributed by atoms with Crippen molar-refractivity contribution in [3.63, 3.8) is 0 Å². The third kappa shape index (κ3) is 3.44. The molecule has 7 nitrogen and oxygen atoms in total. The van der Waals surface area contributed by atoms with Crippen molar-refractivity contribution in [2.75, 3.05) is 0 Å². The summed E-state index contributed by atoms with van der Waals surface area (Å²) in [5, 5.41) is 17.8. The Morgan fingerprint density at radius 2 is 2.04 bits per heavy atom. The second kappa shape index (κ2) is 6.89. The zero-order valence-electron chi connectivity index (χ0n) is 16.4. The van der Waals surface area contributed by atoms with E-state index in [0.717, 1.165) is 42.6 Å². The number of aliphatic carboxylic acids is 1. The average molecular weight is 380 g/mol. The fraction of sp³-hybridized carbons (Fsp3) is 0.429. The molecule has 0 amide bonds. The molecule has 4 rings (SSSR count). The Labute approximate surface area is 163 Å². The van der Waals surface area contributed by atoms with Crippen molar-refractivity contribution in [1.29, 1.82) is 0 Å². The van der Waals surface area contributed by atoms with Gasteiger partial charge in [0.05, 0.1) is 6.42 Å². The Morgan fingerprint density at radius 1 is 1.29 bits per heavy atom. The van der Waals surface area contributed by atoms with Crippen LogP contribution in [0.2, 0.25) is 0 Å². The molecule has 3 aromatic rings. The van der Waals surface area contributed by atoms with Crippen LogP contribution in [0.1, 0.15) is 44.0 Å². The van der Waals surface area contributed by atoms with Crippen molar-refractivity contribution in [3.05, 3.63) is 41.1 Å². The number of nitrogens with zero attached hydrogens (tertiary/aromatic N) is 4. The maximum absolute atomic E-state index is 10.8. The number of benzene rings is 1. The Morgan fingerprint density at radius 3 is 2.71 bits per heavy atom. The predicted octanol–water partition coefficient (Wildman–Crippen LogP) is 3.76. The van der Waals surface area contributed by atoms with Crippen LogP contribution in [0.4, 0.5) is 0 Å². The Bertz CT molecular complexity index is 1010. The van der Waals surface area contributed by atoms with Crippen molar-refractivity contribution in [2.45, 2.75) is 53.0 Å². The Kier molecular flexibility index (Phi) is 4.53. The Balaban J connectivity index is 1.65. The molecular weight excluding hydrogens is 356 g/mol. The summed E-state index contributed by atoms with van der Waals surface area (Å²) in [6, 6.07) is 7.18. The van der Waals surface area contributed by atoms with E-state index in [0.29, 0.717) is 11.7 Å². The molecule has 0 bridgehead atoms. The van der Waals surface area contributed by atoms with Crippen molar-refractivity contribution in [2.24, 2.45) is 5.41 Å². The number of hydrogen-bond donors (Lipinski definition) is 1. The SMILES string of the molecule is CCn1nc(-c2nc(-c3ccc(CC(=O)O)cc3)no2)c2c1CC(C)(C)CC2. The van der Waals surface area contributed by atoms with Gasteiger partial charge in [0.2, 0.25) is 5.82 Å². The normalized spacial score (nSPS) is 15.4. The molecule has 0 fully saturated rings. The van der Waals surface area contributed by atoms with Crippen LogP contribution in [-0.4, -0.2) is 31.0 Å². The molecule has 1 aliphatic carbocycles. The first-order valence-electron chi connectivity index (χ1n) is 9.60. The van der Waals surface area contributed by atoms with Crippen LogP contribution in [0, 0.1) is 5.41 Å². The minimum absolute atomic E-state index is 0.00525. The van der Waals surface area contributed by atoms with Gasteiger partial charge in [-0.05, 0) is 37.2 Å². The summed E-state index contributed by atoms with van der Waals surface area (Å²) in [5.74, 6) is 0.0645. The van der Waals surface area contributed by atoms with Crippen LogP contribution in [-0.2, 0) is 30.6 Å². The van der Waals surface area contributed by atoms with Gasteiger partial charge in [0.25, 0.3) is 5.89 Å². The lowest BCUT2D eigenvalue weighted by atomic mass is 9.76. The van der Waals surface area contributed by atoms with E-state index in [9.17, 15) is 4.79 Å². The summed E-state index contributed by atoms with van der Waals surface area (Å²) in [6.07, 6.45) is 3.05. The van der Waals surface area contributed by atoms with E-state index in [1.165, 1.54) is 11.3 Å². The summed E-state index contributed by atoms with van der Waals surface area (Å²) in [4.78, 5) is 15.4. The highest BCUT2D eigenvalue weighted by molar-refractivity contribution is 5.70. The lowest BCUT2D eigenvalue weighted by molar-refractivity contribution is -0.136. The highest BCUT2D eigenvalue weighted by Crippen LogP contribution is 2.39. The van der Waals surface area contributed by atoms with E-state index in [1.807, 2.05) is 12.1 Å². The largest absolute Gasteiger partial charge is 0.481 e. The molecule has 0 unspecified atom stereocenters. The molecule has 0 radical (unpaired) electrons. The van der Waals surface area contributed by atoms with E-state index >= 15 is 0 Å². The molecule has 0 saturated carbocycles. The summed E-state index contributed by atoms with van der Waals surface area (Å²) in [5.41, 5.74) is 5.07. The number of rotatable bonds is 5. The molecule has 2 aromatic heterocycles. The van der Waals surface area contributed by atoms with Crippen LogP contribution in [0.25, 0.3) is 23.0 Å². The van der Waals surface area contributed by atoms with Crippen molar-refractivity contribution < 1.29 is 14.4 Å². The first kappa shape index (κ1) is 18.4. The molecule has 1 N–H and O–H groups in total. The topological polar surface area (TPSA) is 94.0 Å². The van der Waals surface area contributed by atoms with Gasteiger partial charge in [-0.1, -0.05) is 43.3 Å². The zero-order chi connectivity index (χ0) is 19.9. The first-order valence-corrected chi connectivity index (χ1v) is 9.60. The quantitative estimate of drug-likeness (QED) is 0.724. The molecule has 0 saturated heterocycles. The summed E-state index contributed by atoms with van der Waals surface area (Å²) in [7, 11) is 0. The van der Waals surface area contributed by atoms with E-state index in [1.54, 1.807) is 12.1 Å². The van der Waals surface area contributed by atoms with Crippen LogP contribution < -0.4 is 0 Å². The predicted molar refractivity (Wildman–Crippen MR) is 104 cm³/mol. The molecule has 1 aliphatic rings. The van der Waals surface area contributed by atoms with Crippen LogP contribution in [0.5, 0.6) is 0 Å². The fourth-order valence-electron chi connectivity index (χ4n) is 3.82. The van der Waals surface area contributed by atoms with Gasteiger partial charge in [-0.3, -0.25) is 9.48 Å². The molecule has 7 heteroatoms. The van der Waals surface area contributed by atoms with Crippen LogP contribution >= 0.6 is 0 Å². The summed E-state index contributed by atoms with van der Waals surface area (Å²) < 4.78 is 7.60. The van der Waals surface area contributed by atoms with E-state index in [-0.39, 0.29) is 11.8 Å². The van der Waals surface area contributed by atoms with Gasteiger partial charge in [0.15, 0.2) is 5.69 Å². The monoisotopic (exact) mass is 380 g/mol. The minimum atomic E-state index is -0.853. The molecule has 0 atom stereocenters. The minimum Gasteiger partial charge on any atom is -0.481 e. The number of aryl methyl sites for hydroxylation is 1. The number of carboxylic acids is 1. The summed E-state index contributed by atoms with van der Waals surface area (Å²) >= 11 is 0. The van der Waals surface area contributed by atoms with Crippen molar-refractivity contribution >= 4 is 5.97 Å². The summed E-state index contributed by atoms with van der Waals surface area (Å²) in [6.45, 7) is 7.49. The molecule has 28 heavy (non-hydrogen) atoms.